The average Bonchev–Trinajstić information content (AvgIpc) is 2.89. The van der Waals surface area contributed by atoms with Crippen LogP contribution in [-0.2, 0) is 20.1 Å². The van der Waals surface area contributed by atoms with E-state index in [1.54, 1.807) is 11.0 Å². The molecule has 0 aliphatic rings. The van der Waals surface area contributed by atoms with Crippen molar-refractivity contribution in [3.63, 3.8) is 0 Å². The Balaban J connectivity index is 2.01. The lowest BCUT2D eigenvalue weighted by Gasteiger charge is -2.11. The highest BCUT2D eigenvalue weighted by Crippen LogP contribution is 2.16. The molecule has 0 radical (unpaired) electrons. The Morgan fingerprint density at radius 3 is 2.82 bits per heavy atom. The number of hydrogen-bond donors (Lipinski definition) is 2. The van der Waals surface area contributed by atoms with Gasteiger partial charge < -0.3 is 10.6 Å². The van der Waals surface area contributed by atoms with Crippen LogP contribution in [0.15, 0.2) is 34.0 Å². The van der Waals surface area contributed by atoms with Gasteiger partial charge in [-0.2, -0.15) is 5.10 Å². The minimum atomic E-state index is 0.585. The van der Waals surface area contributed by atoms with Crippen LogP contribution in [0.3, 0.4) is 0 Å². The first-order chi connectivity index (χ1) is 10.6. The third kappa shape index (κ3) is 4.56. The molecule has 0 saturated carbocycles. The van der Waals surface area contributed by atoms with E-state index in [1.807, 2.05) is 20.0 Å². The number of aryl methyl sites for hydroxylation is 2. The Bertz CT molecular complexity index is 649. The molecule has 6 nitrogen and oxygen atoms in total. The zero-order chi connectivity index (χ0) is 15.9. The molecule has 0 saturated heterocycles. The van der Waals surface area contributed by atoms with Crippen LogP contribution in [0, 0.1) is 6.92 Å². The fraction of sp³-hybridized carbons (Fsp3) is 0.400. The van der Waals surface area contributed by atoms with Gasteiger partial charge in [-0.1, -0.05) is 22.0 Å². The van der Waals surface area contributed by atoms with Crippen LogP contribution in [0.4, 0.5) is 0 Å². The normalized spacial score (nSPS) is 11.5. The molecule has 0 spiro atoms. The van der Waals surface area contributed by atoms with Gasteiger partial charge in [0.15, 0.2) is 5.96 Å². The topological polar surface area (TPSA) is 67.1 Å². The molecule has 2 rings (SSSR count). The van der Waals surface area contributed by atoms with Gasteiger partial charge in [-0.05, 0) is 37.1 Å². The van der Waals surface area contributed by atoms with Gasteiger partial charge in [-0.25, -0.2) is 9.98 Å². The summed E-state index contributed by atoms with van der Waals surface area (Å²) in [7, 11) is 1.87. The third-order valence-electron chi connectivity index (χ3n) is 3.28. The summed E-state index contributed by atoms with van der Waals surface area (Å²) < 4.78 is 2.83. The van der Waals surface area contributed by atoms with Crippen molar-refractivity contribution in [1.29, 1.82) is 0 Å². The van der Waals surface area contributed by atoms with Gasteiger partial charge in [-0.15, -0.1) is 0 Å². The molecular formula is C15H21BrN6. The van der Waals surface area contributed by atoms with Crippen LogP contribution in [0.2, 0.25) is 0 Å². The summed E-state index contributed by atoms with van der Waals surface area (Å²) in [5.74, 6) is 1.64. The molecule has 0 amide bonds. The molecule has 1 heterocycles. The van der Waals surface area contributed by atoms with Crippen LogP contribution >= 0.6 is 15.9 Å². The number of guanidine groups is 1. The van der Waals surface area contributed by atoms with Crippen molar-refractivity contribution in [3.05, 3.63) is 46.0 Å². The van der Waals surface area contributed by atoms with Gasteiger partial charge in [0.25, 0.3) is 0 Å². The molecule has 0 unspecified atom stereocenters. The van der Waals surface area contributed by atoms with Crippen LogP contribution in [0.5, 0.6) is 0 Å². The number of benzene rings is 1. The summed E-state index contributed by atoms with van der Waals surface area (Å²) in [4.78, 5) is 8.82. The number of aromatic nitrogens is 3. The van der Waals surface area contributed by atoms with E-state index in [2.05, 4.69) is 60.7 Å². The van der Waals surface area contributed by atoms with Gasteiger partial charge >= 0.3 is 0 Å². The van der Waals surface area contributed by atoms with E-state index in [0.717, 1.165) is 22.8 Å². The molecule has 7 heteroatoms. The van der Waals surface area contributed by atoms with Crippen molar-refractivity contribution >= 4 is 21.9 Å². The average molecular weight is 365 g/mol. The van der Waals surface area contributed by atoms with Gasteiger partial charge in [0.1, 0.15) is 12.2 Å². The van der Waals surface area contributed by atoms with Gasteiger partial charge in [0.2, 0.25) is 0 Å². The van der Waals surface area contributed by atoms with Crippen molar-refractivity contribution < 1.29 is 0 Å². The maximum atomic E-state index is 4.62. The monoisotopic (exact) mass is 364 g/mol. The summed E-state index contributed by atoms with van der Waals surface area (Å²) in [6.45, 7) is 6.17. The summed E-state index contributed by atoms with van der Waals surface area (Å²) in [6.07, 6.45) is 1.55. The first kappa shape index (κ1) is 16.5. The van der Waals surface area contributed by atoms with E-state index in [1.165, 1.54) is 11.1 Å². The molecule has 1 aromatic carbocycles. The molecule has 1 aromatic heterocycles. The molecule has 0 aliphatic carbocycles. The van der Waals surface area contributed by atoms with Crippen LogP contribution in [0.25, 0.3) is 0 Å². The lowest BCUT2D eigenvalue weighted by atomic mass is 10.1. The summed E-state index contributed by atoms with van der Waals surface area (Å²) in [5.41, 5.74) is 2.43. The second-order valence-electron chi connectivity index (χ2n) is 4.92. The lowest BCUT2D eigenvalue weighted by molar-refractivity contribution is 0.673. The Morgan fingerprint density at radius 2 is 2.18 bits per heavy atom. The van der Waals surface area contributed by atoms with Gasteiger partial charge in [0.05, 0.1) is 13.1 Å². The summed E-state index contributed by atoms with van der Waals surface area (Å²) in [5, 5.41) is 10.6. The van der Waals surface area contributed by atoms with Crippen LogP contribution < -0.4 is 10.6 Å². The van der Waals surface area contributed by atoms with Crippen LogP contribution in [-0.4, -0.2) is 27.3 Å². The summed E-state index contributed by atoms with van der Waals surface area (Å²) >= 11 is 3.48. The standard InChI is InChI=1S/C15H21BrN6/c1-4-17-15(19-9-14-20-10-21-22(14)3)18-8-12-5-6-13(16)7-11(12)2/h5-7,10H,4,8-9H2,1-3H3,(H2,17,18,19). The number of hydrogen-bond acceptors (Lipinski definition) is 3. The number of nitrogens with one attached hydrogen (secondary N) is 2. The minimum absolute atomic E-state index is 0.585. The number of halogens is 1. The highest BCUT2D eigenvalue weighted by atomic mass is 79.9. The largest absolute Gasteiger partial charge is 0.357 e. The van der Waals surface area contributed by atoms with E-state index in [-0.39, 0.29) is 0 Å². The summed E-state index contributed by atoms with van der Waals surface area (Å²) in [6, 6.07) is 6.23. The third-order valence-corrected chi connectivity index (χ3v) is 3.77. The molecule has 2 N–H and O–H groups in total. The molecule has 2 aromatic rings. The second kappa shape index (κ2) is 7.93. The van der Waals surface area contributed by atoms with Gasteiger partial charge in [0, 0.05) is 18.1 Å². The van der Waals surface area contributed by atoms with Crippen molar-refractivity contribution in [2.24, 2.45) is 12.0 Å². The number of nitrogens with zero attached hydrogens (tertiary/aromatic N) is 4. The Labute approximate surface area is 139 Å². The lowest BCUT2D eigenvalue weighted by Crippen LogP contribution is -2.37. The Kier molecular flexibility index (Phi) is 5.94. The Hall–Kier alpha value is -1.89. The molecule has 0 atom stereocenters. The molecule has 22 heavy (non-hydrogen) atoms. The SMILES string of the molecule is CCNC(=NCc1ccc(Br)cc1C)NCc1ncnn1C. The second-order valence-corrected chi connectivity index (χ2v) is 5.84. The predicted molar refractivity (Wildman–Crippen MR) is 91.5 cm³/mol. The highest BCUT2D eigenvalue weighted by Gasteiger charge is 2.03. The van der Waals surface area contributed by atoms with E-state index in [4.69, 9.17) is 0 Å². The van der Waals surface area contributed by atoms with Crippen LogP contribution in [0.1, 0.15) is 23.9 Å². The quantitative estimate of drug-likeness (QED) is 0.629. The smallest absolute Gasteiger partial charge is 0.191 e. The van der Waals surface area contributed by atoms with E-state index < -0.39 is 0 Å². The first-order valence-corrected chi connectivity index (χ1v) is 7.99. The highest BCUT2D eigenvalue weighted by molar-refractivity contribution is 9.10. The number of aliphatic imine (C=N–C) groups is 1. The van der Waals surface area contributed by atoms with Crippen molar-refractivity contribution in [2.45, 2.75) is 26.9 Å². The zero-order valence-electron chi connectivity index (χ0n) is 13.1. The van der Waals surface area contributed by atoms with E-state index >= 15 is 0 Å². The molecule has 0 aliphatic heterocycles. The van der Waals surface area contributed by atoms with Gasteiger partial charge in [-0.3, -0.25) is 4.68 Å². The van der Waals surface area contributed by atoms with Crippen molar-refractivity contribution in [3.8, 4) is 0 Å². The fourth-order valence-corrected chi connectivity index (χ4v) is 2.46. The first-order valence-electron chi connectivity index (χ1n) is 7.20. The molecule has 0 bridgehead atoms. The molecular weight excluding hydrogens is 344 g/mol. The Morgan fingerprint density at radius 1 is 1.36 bits per heavy atom. The minimum Gasteiger partial charge on any atom is -0.357 e. The number of rotatable bonds is 5. The van der Waals surface area contributed by atoms with E-state index in [9.17, 15) is 0 Å². The zero-order valence-corrected chi connectivity index (χ0v) is 14.7. The maximum absolute atomic E-state index is 4.62. The van der Waals surface area contributed by atoms with Crippen molar-refractivity contribution in [1.82, 2.24) is 25.4 Å². The maximum Gasteiger partial charge on any atom is 0.191 e. The molecule has 118 valence electrons. The van der Waals surface area contributed by atoms with E-state index in [0.29, 0.717) is 13.1 Å². The molecule has 0 fully saturated rings. The predicted octanol–water partition coefficient (Wildman–Crippen LogP) is 2.14. The van der Waals surface area contributed by atoms with Crippen molar-refractivity contribution in [2.75, 3.05) is 6.54 Å². The fourth-order valence-electron chi connectivity index (χ4n) is 1.99.